The van der Waals surface area contributed by atoms with E-state index < -0.39 is 0 Å². The van der Waals surface area contributed by atoms with E-state index in [1.165, 1.54) is 0 Å². The smallest absolute Gasteiger partial charge is 0.175 e. The summed E-state index contributed by atoms with van der Waals surface area (Å²) in [4.78, 5) is 5.12. The van der Waals surface area contributed by atoms with Crippen molar-refractivity contribution in [2.24, 2.45) is 0 Å². The minimum absolute atomic E-state index is 0.493. The highest BCUT2D eigenvalue weighted by molar-refractivity contribution is 9.10. The van der Waals surface area contributed by atoms with E-state index in [4.69, 9.17) is 9.47 Å². The standard InChI is InChI=1S/C15H19BrN2O2S/c1-3-4-17-7-11-5-13(16)15(14(6-11)19-2)20-9-12-8-18-10-21-12/h5-6,8,10,17H,3-4,7,9H2,1-2H3. The number of nitrogens with zero attached hydrogens (tertiary/aromatic N) is 1. The van der Waals surface area contributed by atoms with Crippen molar-refractivity contribution in [2.75, 3.05) is 13.7 Å². The quantitative estimate of drug-likeness (QED) is 0.713. The Kier molecular flexibility index (Phi) is 6.48. The molecule has 1 aromatic carbocycles. The van der Waals surface area contributed by atoms with Gasteiger partial charge < -0.3 is 14.8 Å². The molecule has 0 bridgehead atoms. The Morgan fingerprint density at radius 3 is 2.90 bits per heavy atom. The van der Waals surface area contributed by atoms with Gasteiger partial charge in [0.05, 0.1) is 22.0 Å². The largest absolute Gasteiger partial charge is 0.493 e. The fourth-order valence-corrected chi connectivity index (χ4v) is 2.99. The van der Waals surface area contributed by atoms with Crippen LogP contribution in [0.4, 0.5) is 0 Å². The zero-order valence-corrected chi connectivity index (χ0v) is 14.6. The molecule has 0 amide bonds. The fourth-order valence-electron chi connectivity index (χ4n) is 1.88. The second kappa shape index (κ2) is 8.36. The molecule has 0 aliphatic carbocycles. The van der Waals surface area contributed by atoms with Crippen molar-refractivity contribution in [1.82, 2.24) is 10.3 Å². The molecule has 2 aromatic rings. The molecule has 0 atom stereocenters. The Labute approximate surface area is 137 Å². The van der Waals surface area contributed by atoms with Crippen LogP contribution in [0.5, 0.6) is 11.5 Å². The van der Waals surface area contributed by atoms with E-state index >= 15 is 0 Å². The summed E-state index contributed by atoms with van der Waals surface area (Å²) in [7, 11) is 1.66. The molecule has 6 heteroatoms. The zero-order chi connectivity index (χ0) is 15.1. The van der Waals surface area contributed by atoms with Crippen molar-refractivity contribution in [2.45, 2.75) is 26.5 Å². The van der Waals surface area contributed by atoms with Gasteiger partial charge in [0.15, 0.2) is 11.5 Å². The summed E-state index contributed by atoms with van der Waals surface area (Å²) >= 11 is 5.14. The van der Waals surface area contributed by atoms with Crippen LogP contribution in [-0.2, 0) is 13.2 Å². The second-order valence-electron chi connectivity index (χ2n) is 4.54. The highest BCUT2D eigenvalue weighted by Gasteiger charge is 2.12. The molecule has 2 rings (SSSR count). The lowest BCUT2D eigenvalue weighted by Crippen LogP contribution is -2.14. The van der Waals surface area contributed by atoms with Gasteiger partial charge in [0.1, 0.15) is 6.61 Å². The van der Waals surface area contributed by atoms with Crippen LogP contribution in [0.25, 0.3) is 0 Å². The van der Waals surface area contributed by atoms with Gasteiger partial charge in [-0.25, -0.2) is 0 Å². The molecular weight excluding hydrogens is 352 g/mol. The molecule has 1 aromatic heterocycles. The van der Waals surface area contributed by atoms with Gasteiger partial charge in [-0.2, -0.15) is 0 Å². The highest BCUT2D eigenvalue weighted by Crippen LogP contribution is 2.37. The van der Waals surface area contributed by atoms with Gasteiger partial charge in [0.2, 0.25) is 0 Å². The van der Waals surface area contributed by atoms with E-state index in [9.17, 15) is 0 Å². The van der Waals surface area contributed by atoms with Gasteiger partial charge in [-0.15, -0.1) is 11.3 Å². The third-order valence-electron chi connectivity index (χ3n) is 2.89. The monoisotopic (exact) mass is 370 g/mol. The Morgan fingerprint density at radius 2 is 2.24 bits per heavy atom. The first-order valence-electron chi connectivity index (χ1n) is 6.82. The van der Waals surface area contributed by atoms with E-state index in [1.54, 1.807) is 24.0 Å². The molecule has 114 valence electrons. The highest BCUT2D eigenvalue weighted by atomic mass is 79.9. The maximum Gasteiger partial charge on any atom is 0.175 e. The third kappa shape index (κ3) is 4.69. The van der Waals surface area contributed by atoms with E-state index in [0.29, 0.717) is 6.61 Å². The summed E-state index contributed by atoms with van der Waals surface area (Å²) < 4.78 is 12.2. The molecule has 0 spiro atoms. The molecule has 0 aliphatic rings. The second-order valence-corrected chi connectivity index (χ2v) is 6.37. The Morgan fingerprint density at radius 1 is 1.38 bits per heavy atom. The molecule has 0 fully saturated rings. The lowest BCUT2D eigenvalue weighted by molar-refractivity contribution is 0.285. The minimum Gasteiger partial charge on any atom is -0.493 e. The van der Waals surface area contributed by atoms with Crippen molar-refractivity contribution < 1.29 is 9.47 Å². The molecule has 21 heavy (non-hydrogen) atoms. The summed E-state index contributed by atoms with van der Waals surface area (Å²) in [6.07, 6.45) is 2.93. The van der Waals surface area contributed by atoms with Crippen LogP contribution in [0, 0.1) is 0 Å². The Hall–Kier alpha value is -1.11. The Balaban J connectivity index is 2.09. The molecule has 4 nitrogen and oxygen atoms in total. The molecule has 0 saturated heterocycles. The van der Waals surface area contributed by atoms with Crippen LogP contribution in [0.2, 0.25) is 0 Å². The fraction of sp³-hybridized carbons (Fsp3) is 0.400. The number of rotatable bonds is 8. The summed E-state index contributed by atoms with van der Waals surface area (Å²) in [5.74, 6) is 1.47. The maximum absolute atomic E-state index is 5.86. The van der Waals surface area contributed by atoms with Crippen LogP contribution in [-0.4, -0.2) is 18.6 Å². The van der Waals surface area contributed by atoms with Gasteiger partial charge in [0, 0.05) is 12.7 Å². The van der Waals surface area contributed by atoms with Gasteiger partial charge in [-0.05, 0) is 46.6 Å². The minimum atomic E-state index is 0.493. The first kappa shape index (κ1) is 16.3. The third-order valence-corrected chi connectivity index (χ3v) is 4.23. The first-order chi connectivity index (χ1) is 10.2. The van der Waals surface area contributed by atoms with Crippen molar-refractivity contribution in [3.05, 3.63) is 38.8 Å². The van der Waals surface area contributed by atoms with Gasteiger partial charge in [0.25, 0.3) is 0 Å². The number of methoxy groups -OCH3 is 1. The molecule has 0 saturated carbocycles. The lowest BCUT2D eigenvalue weighted by atomic mass is 10.2. The van der Waals surface area contributed by atoms with Crippen LogP contribution >= 0.6 is 27.3 Å². The average molecular weight is 371 g/mol. The maximum atomic E-state index is 5.86. The van der Waals surface area contributed by atoms with E-state index in [1.807, 2.05) is 12.3 Å². The first-order valence-corrected chi connectivity index (χ1v) is 8.49. The molecular formula is C15H19BrN2O2S. The normalized spacial score (nSPS) is 10.6. The number of aromatic nitrogens is 1. The zero-order valence-electron chi connectivity index (χ0n) is 12.2. The van der Waals surface area contributed by atoms with Crippen LogP contribution in [0.15, 0.2) is 28.3 Å². The number of hydrogen-bond donors (Lipinski definition) is 1. The van der Waals surface area contributed by atoms with E-state index in [0.717, 1.165) is 45.9 Å². The van der Waals surface area contributed by atoms with E-state index in [2.05, 4.69) is 39.2 Å². The summed E-state index contributed by atoms with van der Waals surface area (Å²) in [5, 5.41) is 3.38. The van der Waals surface area contributed by atoms with Crippen molar-refractivity contribution in [1.29, 1.82) is 0 Å². The number of ether oxygens (including phenoxy) is 2. The summed E-state index contributed by atoms with van der Waals surface area (Å²) in [5.41, 5.74) is 2.96. The number of benzene rings is 1. The number of halogens is 1. The number of thiazole rings is 1. The van der Waals surface area contributed by atoms with E-state index in [-0.39, 0.29) is 0 Å². The van der Waals surface area contributed by atoms with Crippen LogP contribution in [0.1, 0.15) is 23.8 Å². The van der Waals surface area contributed by atoms with Crippen LogP contribution in [0.3, 0.4) is 0 Å². The summed E-state index contributed by atoms with van der Waals surface area (Å²) in [6.45, 7) is 4.47. The summed E-state index contributed by atoms with van der Waals surface area (Å²) in [6, 6.07) is 4.07. The number of nitrogens with one attached hydrogen (secondary N) is 1. The molecule has 0 radical (unpaired) electrons. The molecule has 1 N–H and O–H groups in total. The Bertz CT molecular complexity index is 561. The molecule has 0 unspecified atom stereocenters. The van der Waals surface area contributed by atoms with Crippen LogP contribution < -0.4 is 14.8 Å². The van der Waals surface area contributed by atoms with Gasteiger partial charge >= 0.3 is 0 Å². The van der Waals surface area contributed by atoms with Crippen molar-refractivity contribution in [3.63, 3.8) is 0 Å². The number of hydrogen-bond acceptors (Lipinski definition) is 5. The van der Waals surface area contributed by atoms with Crippen molar-refractivity contribution in [3.8, 4) is 11.5 Å². The SMILES string of the molecule is CCCNCc1cc(Br)c(OCc2cncs2)c(OC)c1. The topological polar surface area (TPSA) is 43.4 Å². The van der Waals surface area contributed by atoms with Gasteiger partial charge in [-0.1, -0.05) is 6.92 Å². The van der Waals surface area contributed by atoms with Gasteiger partial charge in [-0.3, -0.25) is 4.98 Å². The lowest BCUT2D eigenvalue weighted by Gasteiger charge is -2.14. The predicted molar refractivity (Wildman–Crippen MR) is 89.1 cm³/mol. The predicted octanol–water partition coefficient (Wildman–Crippen LogP) is 3.99. The average Bonchev–Trinajstić information content (AvgIpc) is 2.99. The molecule has 1 heterocycles. The molecule has 0 aliphatic heterocycles. The van der Waals surface area contributed by atoms with Crippen molar-refractivity contribution >= 4 is 27.3 Å².